The van der Waals surface area contributed by atoms with Gasteiger partial charge in [-0.15, -0.1) is 0 Å². The van der Waals surface area contributed by atoms with E-state index < -0.39 is 0 Å². The van der Waals surface area contributed by atoms with Crippen LogP contribution in [0.25, 0.3) is 0 Å². The predicted molar refractivity (Wildman–Crippen MR) is 57.7 cm³/mol. The number of rotatable bonds is 1. The third-order valence-corrected chi connectivity index (χ3v) is 3.02. The Morgan fingerprint density at radius 2 is 2.25 bits per heavy atom. The molecule has 0 saturated heterocycles. The molecule has 0 bridgehead atoms. The van der Waals surface area contributed by atoms with Crippen molar-refractivity contribution >= 4 is 28.3 Å². The van der Waals surface area contributed by atoms with Crippen molar-refractivity contribution in [2.45, 2.75) is 13.3 Å². The van der Waals surface area contributed by atoms with E-state index in [2.05, 4.69) is 28.7 Å². The first-order valence-electron chi connectivity index (χ1n) is 3.67. The summed E-state index contributed by atoms with van der Waals surface area (Å²) in [5.74, 6) is 0. The molecule has 0 spiro atoms. The molecule has 62 valence electrons. The van der Waals surface area contributed by atoms with E-state index >= 15 is 0 Å². The lowest BCUT2D eigenvalue weighted by molar-refractivity contribution is 1.11. The first-order chi connectivity index (χ1) is 5.70. The van der Waals surface area contributed by atoms with Crippen LogP contribution in [-0.2, 0) is 6.42 Å². The van der Waals surface area contributed by atoms with Gasteiger partial charge in [-0.05, 0) is 46.7 Å². The molecule has 2 nitrogen and oxygen atoms in total. The first-order valence-corrected chi connectivity index (χ1v) is 4.75. The minimum Gasteiger partial charge on any atom is -0.398 e. The Bertz CT molecular complexity index is 339. The molecular formula is C9H9IN2. The van der Waals surface area contributed by atoms with Crippen LogP contribution in [0.15, 0.2) is 12.1 Å². The first kappa shape index (κ1) is 9.33. The zero-order valence-electron chi connectivity index (χ0n) is 6.76. The van der Waals surface area contributed by atoms with Crippen molar-refractivity contribution < 1.29 is 0 Å². The van der Waals surface area contributed by atoms with Gasteiger partial charge >= 0.3 is 0 Å². The predicted octanol–water partition coefficient (Wildman–Crippen LogP) is 2.31. The molecule has 1 aromatic carbocycles. The Kier molecular flexibility index (Phi) is 2.93. The second-order valence-corrected chi connectivity index (χ2v) is 3.54. The summed E-state index contributed by atoms with van der Waals surface area (Å²) in [5.41, 5.74) is 8.25. The number of benzene rings is 1. The molecule has 3 heteroatoms. The molecule has 2 N–H and O–H groups in total. The fourth-order valence-electron chi connectivity index (χ4n) is 1.09. The van der Waals surface area contributed by atoms with E-state index in [4.69, 9.17) is 11.0 Å². The number of hydrogen-bond donors (Lipinski definition) is 1. The minimum absolute atomic E-state index is 0.733. The summed E-state index contributed by atoms with van der Waals surface area (Å²) in [4.78, 5) is 0. The summed E-state index contributed by atoms with van der Waals surface area (Å²) < 4.78 is 1.01. The van der Waals surface area contributed by atoms with Gasteiger partial charge in [-0.1, -0.05) is 6.92 Å². The third-order valence-electron chi connectivity index (χ3n) is 1.75. The lowest BCUT2D eigenvalue weighted by atomic mass is 10.1. The summed E-state index contributed by atoms with van der Waals surface area (Å²) in [6, 6.07) is 5.71. The summed E-state index contributed by atoms with van der Waals surface area (Å²) in [7, 11) is 0. The van der Waals surface area contributed by atoms with Crippen molar-refractivity contribution in [2.75, 3.05) is 5.73 Å². The highest BCUT2D eigenvalue weighted by Crippen LogP contribution is 2.23. The van der Waals surface area contributed by atoms with Crippen molar-refractivity contribution in [3.63, 3.8) is 0 Å². The second-order valence-electron chi connectivity index (χ2n) is 2.46. The standard InChI is InChI=1S/C9H9IN2/c1-2-7-6(5-11)3-4-8(12)9(7)10/h3-4H,2,12H2,1H3. The van der Waals surface area contributed by atoms with Gasteiger partial charge in [-0.25, -0.2) is 0 Å². The molecule has 0 atom stereocenters. The van der Waals surface area contributed by atoms with Gasteiger partial charge in [0.25, 0.3) is 0 Å². The van der Waals surface area contributed by atoms with Gasteiger partial charge in [0.05, 0.1) is 11.6 Å². The Labute approximate surface area is 85.5 Å². The second kappa shape index (κ2) is 3.76. The van der Waals surface area contributed by atoms with Crippen LogP contribution in [0.4, 0.5) is 5.69 Å². The summed E-state index contributed by atoms with van der Waals surface area (Å²) in [6.07, 6.45) is 0.853. The van der Waals surface area contributed by atoms with Crippen LogP contribution in [0.3, 0.4) is 0 Å². The lowest BCUT2D eigenvalue weighted by Gasteiger charge is -2.05. The SMILES string of the molecule is CCc1c(C#N)ccc(N)c1I. The smallest absolute Gasteiger partial charge is 0.0994 e. The molecule has 0 aromatic heterocycles. The van der Waals surface area contributed by atoms with Gasteiger partial charge in [0.2, 0.25) is 0 Å². The Balaban J connectivity index is 3.38. The van der Waals surface area contributed by atoms with Gasteiger partial charge < -0.3 is 5.73 Å². The molecule has 1 rings (SSSR count). The summed E-state index contributed by atoms with van der Waals surface area (Å²) >= 11 is 2.18. The molecule has 0 aliphatic heterocycles. The Morgan fingerprint density at radius 1 is 1.58 bits per heavy atom. The summed E-state index contributed by atoms with van der Waals surface area (Å²) in [6.45, 7) is 2.03. The number of halogens is 1. The quantitative estimate of drug-likeness (QED) is 0.630. The highest BCUT2D eigenvalue weighted by molar-refractivity contribution is 14.1. The minimum atomic E-state index is 0.733. The monoisotopic (exact) mass is 272 g/mol. The number of anilines is 1. The van der Waals surface area contributed by atoms with Crippen LogP contribution in [0.2, 0.25) is 0 Å². The molecular weight excluding hydrogens is 263 g/mol. The fourth-order valence-corrected chi connectivity index (χ4v) is 1.94. The molecule has 0 unspecified atom stereocenters. The highest BCUT2D eigenvalue weighted by atomic mass is 127. The normalized spacial score (nSPS) is 9.42. The third kappa shape index (κ3) is 1.53. The molecule has 0 radical (unpaired) electrons. The van der Waals surface area contributed by atoms with Crippen LogP contribution in [0, 0.1) is 14.9 Å². The Morgan fingerprint density at radius 3 is 2.75 bits per heavy atom. The Hall–Kier alpha value is -0.760. The molecule has 0 amide bonds. The average Bonchev–Trinajstić information content (AvgIpc) is 2.09. The molecule has 12 heavy (non-hydrogen) atoms. The van der Waals surface area contributed by atoms with E-state index in [0.717, 1.165) is 26.8 Å². The van der Waals surface area contributed by atoms with E-state index in [-0.39, 0.29) is 0 Å². The van der Waals surface area contributed by atoms with Crippen molar-refractivity contribution in [2.24, 2.45) is 0 Å². The van der Waals surface area contributed by atoms with Gasteiger partial charge in [-0.2, -0.15) is 5.26 Å². The van der Waals surface area contributed by atoms with Crippen LogP contribution >= 0.6 is 22.6 Å². The lowest BCUT2D eigenvalue weighted by Crippen LogP contribution is -1.97. The molecule has 1 aromatic rings. The van der Waals surface area contributed by atoms with E-state index in [0.29, 0.717) is 0 Å². The maximum atomic E-state index is 8.77. The van der Waals surface area contributed by atoms with Crippen LogP contribution < -0.4 is 5.73 Å². The largest absolute Gasteiger partial charge is 0.398 e. The van der Waals surface area contributed by atoms with E-state index in [1.54, 1.807) is 12.1 Å². The number of nitrogens with two attached hydrogens (primary N) is 1. The molecule has 0 aliphatic rings. The van der Waals surface area contributed by atoms with Gasteiger partial charge in [0.15, 0.2) is 0 Å². The van der Waals surface area contributed by atoms with Crippen molar-refractivity contribution in [1.29, 1.82) is 5.26 Å². The fraction of sp³-hybridized carbons (Fsp3) is 0.222. The maximum Gasteiger partial charge on any atom is 0.0994 e. The number of nitrogens with zero attached hydrogens (tertiary/aromatic N) is 1. The van der Waals surface area contributed by atoms with Crippen molar-refractivity contribution in [1.82, 2.24) is 0 Å². The van der Waals surface area contributed by atoms with Crippen LogP contribution in [0.1, 0.15) is 18.1 Å². The average molecular weight is 272 g/mol. The van der Waals surface area contributed by atoms with Crippen LogP contribution in [-0.4, -0.2) is 0 Å². The number of nitrogen functional groups attached to an aromatic ring is 1. The highest BCUT2D eigenvalue weighted by Gasteiger charge is 2.06. The molecule has 0 fully saturated rings. The molecule has 0 saturated carbocycles. The zero-order chi connectivity index (χ0) is 9.14. The zero-order valence-corrected chi connectivity index (χ0v) is 8.92. The van der Waals surface area contributed by atoms with Crippen molar-refractivity contribution in [3.05, 3.63) is 26.8 Å². The molecule has 0 aliphatic carbocycles. The van der Waals surface area contributed by atoms with Crippen molar-refractivity contribution in [3.8, 4) is 6.07 Å². The van der Waals surface area contributed by atoms with Gasteiger partial charge in [-0.3, -0.25) is 0 Å². The van der Waals surface area contributed by atoms with Gasteiger partial charge in [0, 0.05) is 9.26 Å². The molecule has 0 heterocycles. The summed E-state index contributed by atoms with van der Waals surface area (Å²) in [5, 5.41) is 8.77. The van der Waals surface area contributed by atoms with E-state index in [9.17, 15) is 0 Å². The van der Waals surface area contributed by atoms with Gasteiger partial charge in [0.1, 0.15) is 0 Å². The van der Waals surface area contributed by atoms with Crippen LogP contribution in [0.5, 0.6) is 0 Å². The topological polar surface area (TPSA) is 49.8 Å². The maximum absolute atomic E-state index is 8.77. The van der Waals surface area contributed by atoms with E-state index in [1.807, 2.05) is 6.92 Å². The van der Waals surface area contributed by atoms with E-state index in [1.165, 1.54) is 0 Å². The number of hydrogen-bond acceptors (Lipinski definition) is 2. The number of nitriles is 1.